The number of benzene rings is 1. The second-order valence-corrected chi connectivity index (χ2v) is 6.17. The smallest absolute Gasteiger partial charge is 0.309 e. The first-order valence-electron chi connectivity index (χ1n) is 5.88. The van der Waals surface area contributed by atoms with Crippen LogP contribution in [0, 0.1) is 11.7 Å². The van der Waals surface area contributed by atoms with E-state index in [2.05, 4.69) is 22.4 Å². The minimum atomic E-state index is -0.546. The van der Waals surface area contributed by atoms with Gasteiger partial charge in [0.1, 0.15) is 5.69 Å². The van der Waals surface area contributed by atoms with Crippen LogP contribution in [0.3, 0.4) is 0 Å². The maximum atomic E-state index is 13.6. The third-order valence-corrected chi connectivity index (χ3v) is 5.14. The van der Waals surface area contributed by atoms with Crippen LogP contribution in [0.4, 0.5) is 10.1 Å². The summed E-state index contributed by atoms with van der Waals surface area (Å²) in [6, 6.07) is 2.72. The summed E-state index contributed by atoms with van der Waals surface area (Å²) >= 11 is 11.9. The van der Waals surface area contributed by atoms with Gasteiger partial charge in [0.15, 0.2) is 5.82 Å². The van der Waals surface area contributed by atoms with E-state index in [9.17, 15) is 9.18 Å². The number of aliphatic imine (C=N–C) groups is 1. The first-order chi connectivity index (χ1) is 9.56. The number of isothiocyanates is 1. The average Bonchev–Trinajstić information content (AvgIpc) is 2.39. The van der Waals surface area contributed by atoms with Crippen LogP contribution in [0.1, 0.15) is 12.8 Å². The Balaban J connectivity index is 2.19. The highest BCUT2D eigenvalue weighted by Crippen LogP contribution is 2.45. The molecule has 0 heterocycles. The molecule has 2 unspecified atom stereocenters. The van der Waals surface area contributed by atoms with E-state index in [1.807, 2.05) is 0 Å². The van der Waals surface area contributed by atoms with E-state index >= 15 is 0 Å². The normalized spacial score (nSPS) is 20.8. The minimum absolute atomic E-state index is 0.0923. The van der Waals surface area contributed by atoms with Crippen molar-refractivity contribution in [3.05, 3.63) is 23.0 Å². The van der Waals surface area contributed by atoms with E-state index < -0.39 is 5.82 Å². The van der Waals surface area contributed by atoms with Crippen molar-refractivity contribution in [2.24, 2.45) is 10.9 Å². The Bertz CT molecular complexity index is 590. The van der Waals surface area contributed by atoms with Crippen molar-refractivity contribution < 1.29 is 13.9 Å². The monoisotopic (exact) mass is 331 g/mol. The Morgan fingerprint density at radius 3 is 2.90 bits per heavy atom. The summed E-state index contributed by atoms with van der Waals surface area (Å²) in [5, 5.41) is 2.52. The van der Waals surface area contributed by atoms with Crippen molar-refractivity contribution in [3.8, 4) is 0 Å². The van der Waals surface area contributed by atoms with Crippen LogP contribution in [-0.4, -0.2) is 23.5 Å². The number of hydrogen-bond donors (Lipinski definition) is 0. The number of esters is 1. The van der Waals surface area contributed by atoms with E-state index in [1.54, 1.807) is 0 Å². The number of carbonyl (C=O) groups excluding carboxylic acids is 1. The van der Waals surface area contributed by atoms with Crippen LogP contribution >= 0.6 is 35.6 Å². The largest absolute Gasteiger partial charge is 0.469 e. The lowest BCUT2D eigenvalue weighted by Crippen LogP contribution is -2.36. The molecule has 1 aromatic carbocycles. The summed E-state index contributed by atoms with van der Waals surface area (Å²) in [5.41, 5.74) is 0.0980. The van der Waals surface area contributed by atoms with Crippen LogP contribution in [0.2, 0.25) is 5.02 Å². The number of nitrogens with zero attached hydrogens (tertiary/aromatic N) is 1. The molecule has 1 aliphatic rings. The number of halogens is 2. The van der Waals surface area contributed by atoms with E-state index in [0.29, 0.717) is 9.92 Å². The summed E-state index contributed by atoms with van der Waals surface area (Å²) in [4.78, 5) is 15.9. The van der Waals surface area contributed by atoms with Crippen LogP contribution in [-0.2, 0) is 9.53 Å². The highest BCUT2D eigenvalue weighted by atomic mass is 35.5. The third kappa shape index (κ3) is 3.20. The van der Waals surface area contributed by atoms with E-state index in [4.69, 9.17) is 16.3 Å². The molecule has 1 aromatic rings. The molecule has 0 radical (unpaired) electrons. The van der Waals surface area contributed by atoms with Gasteiger partial charge in [0.2, 0.25) is 0 Å². The maximum absolute atomic E-state index is 13.6. The summed E-state index contributed by atoms with van der Waals surface area (Å²) in [6.07, 6.45) is 1.69. The first kappa shape index (κ1) is 15.4. The SMILES string of the molecule is COC(=O)C1CCC1Sc1cc(N=C=S)c(F)cc1Cl. The number of rotatable bonds is 4. The van der Waals surface area contributed by atoms with Crippen molar-refractivity contribution in [1.29, 1.82) is 0 Å². The molecule has 3 nitrogen and oxygen atoms in total. The van der Waals surface area contributed by atoms with Gasteiger partial charge in [-0.25, -0.2) is 4.39 Å². The number of ether oxygens (including phenoxy) is 1. The Kier molecular flexibility index (Phi) is 5.16. The first-order valence-corrected chi connectivity index (χ1v) is 7.54. The van der Waals surface area contributed by atoms with Gasteiger partial charge in [0.05, 0.1) is 23.2 Å². The number of hydrogen-bond acceptors (Lipinski definition) is 5. The van der Waals surface area contributed by atoms with Gasteiger partial charge < -0.3 is 4.74 Å². The van der Waals surface area contributed by atoms with Crippen molar-refractivity contribution in [3.63, 3.8) is 0 Å². The van der Waals surface area contributed by atoms with Gasteiger partial charge in [-0.1, -0.05) is 11.6 Å². The van der Waals surface area contributed by atoms with Crippen molar-refractivity contribution in [1.82, 2.24) is 0 Å². The van der Waals surface area contributed by atoms with Crippen molar-refractivity contribution in [2.45, 2.75) is 23.0 Å². The van der Waals surface area contributed by atoms with Crippen molar-refractivity contribution in [2.75, 3.05) is 7.11 Å². The topological polar surface area (TPSA) is 38.7 Å². The van der Waals surface area contributed by atoms with Gasteiger partial charge in [-0.05, 0) is 37.2 Å². The third-order valence-electron chi connectivity index (χ3n) is 3.16. The number of methoxy groups -OCH3 is 1. The fourth-order valence-electron chi connectivity index (χ4n) is 1.94. The van der Waals surface area contributed by atoms with Gasteiger partial charge in [0.25, 0.3) is 0 Å². The van der Waals surface area contributed by atoms with Gasteiger partial charge >= 0.3 is 5.97 Å². The molecule has 106 valence electrons. The fraction of sp³-hybridized carbons (Fsp3) is 0.385. The molecule has 20 heavy (non-hydrogen) atoms. The van der Waals surface area contributed by atoms with Gasteiger partial charge in [-0.3, -0.25) is 4.79 Å². The molecule has 1 saturated carbocycles. The molecule has 7 heteroatoms. The molecule has 0 aromatic heterocycles. The molecule has 0 amide bonds. The van der Waals surface area contributed by atoms with E-state index in [1.165, 1.54) is 31.0 Å². The van der Waals surface area contributed by atoms with Crippen LogP contribution in [0.15, 0.2) is 22.0 Å². The van der Waals surface area contributed by atoms with Gasteiger partial charge in [-0.2, -0.15) is 4.99 Å². The van der Waals surface area contributed by atoms with E-state index in [0.717, 1.165) is 12.8 Å². The number of thiocarbonyl (C=S) groups is 1. The van der Waals surface area contributed by atoms with Crippen LogP contribution in [0.25, 0.3) is 0 Å². The van der Waals surface area contributed by atoms with E-state index in [-0.39, 0.29) is 22.8 Å². The van der Waals surface area contributed by atoms with Crippen LogP contribution in [0.5, 0.6) is 0 Å². The second kappa shape index (κ2) is 6.68. The lowest BCUT2D eigenvalue weighted by molar-refractivity contribution is -0.147. The zero-order valence-corrected chi connectivity index (χ0v) is 12.9. The Morgan fingerprint density at radius 1 is 1.60 bits per heavy atom. The summed E-state index contributed by atoms with van der Waals surface area (Å²) < 4.78 is 18.3. The standard InChI is InChI=1S/C13H11ClFNO2S2/c1-18-13(17)7-2-3-11(7)20-12-5-10(16-6-19)9(15)4-8(12)14/h4-5,7,11H,2-3H2,1H3. The zero-order valence-electron chi connectivity index (χ0n) is 10.6. The van der Waals surface area contributed by atoms with Crippen LogP contribution < -0.4 is 0 Å². The Hall–Kier alpha value is -0.940. The quantitative estimate of drug-likeness (QED) is 0.469. The highest BCUT2D eigenvalue weighted by molar-refractivity contribution is 8.00. The molecule has 2 rings (SSSR count). The molecular formula is C13H11ClFNO2S2. The molecule has 0 bridgehead atoms. The maximum Gasteiger partial charge on any atom is 0.309 e. The number of carbonyl (C=O) groups is 1. The molecule has 2 atom stereocenters. The average molecular weight is 332 g/mol. The van der Waals surface area contributed by atoms with Gasteiger partial charge in [0, 0.05) is 10.1 Å². The second-order valence-electron chi connectivity index (χ2n) is 4.30. The molecule has 1 aliphatic carbocycles. The minimum Gasteiger partial charge on any atom is -0.469 e. The molecule has 0 spiro atoms. The molecule has 0 saturated heterocycles. The number of thioether (sulfide) groups is 1. The molecule has 0 aliphatic heterocycles. The van der Waals surface area contributed by atoms with Crippen molar-refractivity contribution >= 4 is 52.4 Å². The summed E-state index contributed by atoms with van der Waals surface area (Å²) in [6.45, 7) is 0. The molecule has 1 fully saturated rings. The predicted molar refractivity (Wildman–Crippen MR) is 80.5 cm³/mol. The summed E-state index contributed by atoms with van der Waals surface area (Å²) in [7, 11) is 1.37. The fourth-order valence-corrected chi connectivity index (χ4v) is 3.66. The molecular weight excluding hydrogens is 321 g/mol. The highest BCUT2D eigenvalue weighted by Gasteiger charge is 2.38. The molecule has 0 N–H and O–H groups in total. The predicted octanol–water partition coefficient (Wildman–Crippen LogP) is 4.26. The lowest BCUT2D eigenvalue weighted by atomic mass is 9.85. The van der Waals surface area contributed by atoms with Gasteiger partial charge in [-0.15, -0.1) is 11.8 Å². The zero-order chi connectivity index (χ0) is 14.7. The summed E-state index contributed by atoms with van der Waals surface area (Å²) in [5.74, 6) is -0.900. The Labute approximate surface area is 130 Å². The lowest BCUT2D eigenvalue weighted by Gasteiger charge is -2.33. The Morgan fingerprint density at radius 2 is 2.35 bits per heavy atom.